The van der Waals surface area contributed by atoms with Crippen LogP contribution >= 0.6 is 0 Å². The highest BCUT2D eigenvalue weighted by atomic mass is 15.6. The average Bonchev–Trinajstić information content (AvgIpc) is 2.85. The predicted octanol–water partition coefficient (Wildman–Crippen LogP) is -0.0912. The fourth-order valence-electron chi connectivity index (χ4n) is 1.25. The van der Waals surface area contributed by atoms with E-state index in [2.05, 4.69) is 25.9 Å². The van der Waals surface area contributed by atoms with Crippen molar-refractivity contribution < 1.29 is 0 Å². The highest BCUT2D eigenvalue weighted by Crippen LogP contribution is 1.96. The molecule has 0 aliphatic heterocycles. The van der Waals surface area contributed by atoms with Crippen LogP contribution in [0.3, 0.4) is 0 Å². The van der Waals surface area contributed by atoms with Gasteiger partial charge in [-0.1, -0.05) is 5.10 Å². The molecule has 0 fully saturated rings. The predicted molar refractivity (Wildman–Crippen MR) is 54.1 cm³/mol. The Kier molecular flexibility index (Phi) is 2.91. The molecule has 0 spiro atoms. The number of nitrogens with zero attached hydrogens (tertiary/aromatic N) is 6. The van der Waals surface area contributed by atoms with Gasteiger partial charge in [-0.05, 0) is 22.9 Å². The molecular formula is C8H13N7. The molecule has 0 unspecified atom stereocenters. The smallest absolute Gasteiger partial charge is 0.242 e. The van der Waals surface area contributed by atoms with Gasteiger partial charge >= 0.3 is 0 Å². The van der Waals surface area contributed by atoms with E-state index in [1.54, 1.807) is 17.9 Å². The molecule has 0 saturated carbocycles. The van der Waals surface area contributed by atoms with Crippen LogP contribution in [0, 0.1) is 0 Å². The molecule has 2 aromatic heterocycles. The summed E-state index contributed by atoms with van der Waals surface area (Å²) in [5.74, 6) is 0.690. The number of aromatic nitrogens is 6. The summed E-state index contributed by atoms with van der Waals surface area (Å²) in [5.41, 5.74) is 0. The molecule has 0 amide bonds. The van der Waals surface area contributed by atoms with Gasteiger partial charge in [-0.25, -0.2) is 4.68 Å². The van der Waals surface area contributed by atoms with Crippen LogP contribution in [0.2, 0.25) is 0 Å². The summed E-state index contributed by atoms with van der Waals surface area (Å²) in [6, 6.07) is 1.92. The first-order valence-corrected chi connectivity index (χ1v) is 4.80. The Hall–Kier alpha value is -1.92. The number of rotatable bonds is 5. The summed E-state index contributed by atoms with van der Waals surface area (Å²) in [4.78, 5) is 0. The third-order valence-electron chi connectivity index (χ3n) is 2.03. The van der Waals surface area contributed by atoms with Crippen LogP contribution in [-0.2, 0) is 13.6 Å². The highest BCUT2D eigenvalue weighted by molar-refractivity contribution is 5.20. The molecule has 2 aromatic rings. The maximum Gasteiger partial charge on any atom is 0.242 e. The van der Waals surface area contributed by atoms with Crippen molar-refractivity contribution in [3.05, 3.63) is 18.5 Å². The number of hydrogen-bond acceptors (Lipinski definition) is 5. The summed E-state index contributed by atoms with van der Waals surface area (Å²) in [6.45, 7) is 1.72. The lowest BCUT2D eigenvalue weighted by atomic mass is 10.4. The van der Waals surface area contributed by atoms with E-state index in [4.69, 9.17) is 0 Å². The molecule has 1 N–H and O–H groups in total. The van der Waals surface area contributed by atoms with Gasteiger partial charge in [0.2, 0.25) is 5.95 Å². The zero-order valence-corrected chi connectivity index (χ0v) is 8.54. The Morgan fingerprint density at radius 3 is 3.07 bits per heavy atom. The molecule has 0 saturated heterocycles. The number of nitrogens with one attached hydrogen (secondary N) is 1. The lowest BCUT2D eigenvalue weighted by molar-refractivity contribution is 0.589. The first-order valence-electron chi connectivity index (χ1n) is 4.80. The second-order valence-electron chi connectivity index (χ2n) is 3.18. The van der Waals surface area contributed by atoms with Gasteiger partial charge in [0.1, 0.15) is 0 Å². The molecule has 80 valence electrons. The van der Waals surface area contributed by atoms with E-state index < -0.39 is 0 Å². The lowest BCUT2D eigenvalue weighted by Gasteiger charge is -2.03. The van der Waals surface area contributed by atoms with Crippen molar-refractivity contribution in [1.82, 2.24) is 30.0 Å². The van der Waals surface area contributed by atoms with Gasteiger partial charge in [-0.2, -0.15) is 5.10 Å². The molecule has 0 radical (unpaired) electrons. The van der Waals surface area contributed by atoms with E-state index in [0.29, 0.717) is 5.95 Å². The second kappa shape index (κ2) is 4.54. The molecular weight excluding hydrogens is 194 g/mol. The van der Waals surface area contributed by atoms with Gasteiger partial charge in [-0.3, -0.25) is 4.68 Å². The van der Waals surface area contributed by atoms with E-state index in [-0.39, 0.29) is 0 Å². The van der Waals surface area contributed by atoms with Gasteiger partial charge < -0.3 is 5.32 Å². The Morgan fingerprint density at radius 2 is 2.40 bits per heavy atom. The quantitative estimate of drug-likeness (QED) is 0.693. The molecule has 2 rings (SSSR count). The molecule has 15 heavy (non-hydrogen) atoms. The first-order chi connectivity index (χ1) is 7.36. The Morgan fingerprint density at radius 1 is 1.47 bits per heavy atom. The summed E-state index contributed by atoms with van der Waals surface area (Å²) < 4.78 is 3.50. The Bertz CT molecular complexity index is 391. The average molecular weight is 207 g/mol. The highest BCUT2D eigenvalue weighted by Gasteiger charge is 1.99. The van der Waals surface area contributed by atoms with Crippen molar-refractivity contribution in [2.75, 3.05) is 11.9 Å². The molecule has 0 bridgehead atoms. The van der Waals surface area contributed by atoms with Crippen molar-refractivity contribution in [2.24, 2.45) is 7.05 Å². The van der Waals surface area contributed by atoms with Crippen molar-refractivity contribution in [1.29, 1.82) is 0 Å². The van der Waals surface area contributed by atoms with Crippen LogP contribution in [0.5, 0.6) is 0 Å². The Balaban J connectivity index is 1.70. The molecule has 2 heterocycles. The number of aryl methyl sites for hydroxylation is 2. The Labute approximate surface area is 87.1 Å². The molecule has 7 heteroatoms. The fraction of sp³-hybridized carbons (Fsp3) is 0.500. The number of anilines is 1. The summed E-state index contributed by atoms with van der Waals surface area (Å²) in [5, 5.41) is 18.3. The van der Waals surface area contributed by atoms with E-state index in [9.17, 15) is 0 Å². The lowest BCUT2D eigenvalue weighted by Crippen LogP contribution is -2.10. The SMILES string of the molecule is Cn1nnnc1NCCCn1cccn1. The third-order valence-corrected chi connectivity index (χ3v) is 2.03. The largest absolute Gasteiger partial charge is 0.353 e. The van der Waals surface area contributed by atoms with Gasteiger partial charge in [0.15, 0.2) is 0 Å². The first kappa shape index (κ1) is 9.63. The van der Waals surface area contributed by atoms with Crippen LogP contribution in [-0.4, -0.2) is 36.5 Å². The van der Waals surface area contributed by atoms with Gasteiger partial charge in [0.05, 0.1) is 0 Å². The van der Waals surface area contributed by atoms with Crippen molar-refractivity contribution in [3.63, 3.8) is 0 Å². The van der Waals surface area contributed by atoms with Crippen LogP contribution < -0.4 is 5.32 Å². The monoisotopic (exact) mass is 207 g/mol. The zero-order chi connectivity index (χ0) is 10.5. The van der Waals surface area contributed by atoms with E-state index in [0.717, 1.165) is 19.5 Å². The molecule has 0 aliphatic carbocycles. The minimum absolute atomic E-state index is 0.690. The van der Waals surface area contributed by atoms with Crippen LogP contribution in [0.1, 0.15) is 6.42 Å². The van der Waals surface area contributed by atoms with E-state index in [1.165, 1.54) is 0 Å². The third kappa shape index (κ3) is 2.52. The van der Waals surface area contributed by atoms with Crippen molar-refractivity contribution in [3.8, 4) is 0 Å². The normalized spacial score (nSPS) is 10.5. The second-order valence-corrected chi connectivity index (χ2v) is 3.18. The van der Waals surface area contributed by atoms with Crippen molar-refractivity contribution in [2.45, 2.75) is 13.0 Å². The summed E-state index contributed by atoms with van der Waals surface area (Å²) >= 11 is 0. The van der Waals surface area contributed by atoms with Crippen LogP contribution in [0.25, 0.3) is 0 Å². The number of hydrogen-bond donors (Lipinski definition) is 1. The number of tetrazole rings is 1. The van der Waals surface area contributed by atoms with Gasteiger partial charge in [0.25, 0.3) is 0 Å². The molecule has 0 atom stereocenters. The van der Waals surface area contributed by atoms with Crippen molar-refractivity contribution >= 4 is 5.95 Å². The van der Waals surface area contributed by atoms with E-state index >= 15 is 0 Å². The van der Waals surface area contributed by atoms with Gasteiger partial charge in [0, 0.05) is 32.5 Å². The summed E-state index contributed by atoms with van der Waals surface area (Å²) in [7, 11) is 1.80. The minimum Gasteiger partial charge on any atom is -0.353 e. The molecule has 7 nitrogen and oxygen atoms in total. The van der Waals surface area contributed by atoms with Crippen LogP contribution in [0.15, 0.2) is 18.5 Å². The summed E-state index contributed by atoms with van der Waals surface area (Å²) in [6.07, 6.45) is 4.71. The minimum atomic E-state index is 0.690. The van der Waals surface area contributed by atoms with Gasteiger partial charge in [-0.15, -0.1) is 0 Å². The maximum atomic E-state index is 4.11. The standard InChI is InChI=1S/C8H13N7/c1-14-8(11-12-13-14)9-4-2-6-15-7-3-5-10-15/h3,5,7H,2,4,6H2,1H3,(H,9,11,13). The van der Waals surface area contributed by atoms with E-state index in [1.807, 2.05) is 16.9 Å². The van der Waals surface area contributed by atoms with Crippen LogP contribution in [0.4, 0.5) is 5.95 Å². The molecule has 0 aromatic carbocycles. The topological polar surface area (TPSA) is 73.5 Å². The fourth-order valence-corrected chi connectivity index (χ4v) is 1.25. The zero-order valence-electron chi connectivity index (χ0n) is 8.54. The maximum absolute atomic E-state index is 4.11. The molecule has 0 aliphatic rings.